The summed E-state index contributed by atoms with van der Waals surface area (Å²) in [6.45, 7) is 6.78. The molecular weight excluding hydrogens is 244 g/mol. The third-order valence-corrected chi connectivity index (χ3v) is 5.21. The number of nitrogens with two attached hydrogens (primary N) is 1. The Hall–Kier alpha value is -0.860. The summed E-state index contributed by atoms with van der Waals surface area (Å²) in [5, 5.41) is 0. The molecule has 1 aliphatic rings. The largest absolute Gasteiger partial charge is 0.323 e. The summed E-state index contributed by atoms with van der Waals surface area (Å²) < 4.78 is 0. The number of hydrogen-bond donors (Lipinski definition) is 1. The maximum atomic E-state index is 6.50. The van der Waals surface area contributed by atoms with Crippen LogP contribution in [0.1, 0.15) is 56.7 Å². The SMILES string of the molecule is Cc1ccc(C(N)C(C)N(C)C2CCCCC2C)cc1. The van der Waals surface area contributed by atoms with Gasteiger partial charge in [-0.25, -0.2) is 0 Å². The fraction of sp³-hybridized carbons (Fsp3) is 0.667. The van der Waals surface area contributed by atoms with Crippen LogP contribution in [0.15, 0.2) is 24.3 Å². The molecule has 4 unspecified atom stereocenters. The third-order valence-electron chi connectivity index (χ3n) is 5.21. The van der Waals surface area contributed by atoms with Gasteiger partial charge in [-0.1, -0.05) is 49.6 Å². The molecule has 20 heavy (non-hydrogen) atoms. The molecule has 0 radical (unpaired) electrons. The Balaban J connectivity index is 2.05. The van der Waals surface area contributed by atoms with E-state index in [1.165, 1.54) is 36.8 Å². The lowest BCUT2D eigenvalue weighted by Crippen LogP contribution is -2.47. The lowest BCUT2D eigenvalue weighted by molar-refractivity contribution is 0.0916. The molecule has 0 spiro atoms. The van der Waals surface area contributed by atoms with Gasteiger partial charge in [0.25, 0.3) is 0 Å². The molecule has 2 heteroatoms. The standard InChI is InChI=1S/C18H30N2/c1-13-9-11-16(12-10-13)18(19)15(3)20(4)17-8-6-5-7-14(17)2/h9-12,14-15,17-18H,5-8,19H2,1-4H3. The van der Waals surface area contributed by atoms with Crippen LogP contribution in [-0.4, -0.2) is 24.0 Å². The molecular formula is C18H30N2. The van der Waals surface area contributed by atoms with Gasteiger partial charge in [0.15, 0.2) is 0 Å². The van der Waals surface area contributed by atoms with E-state index in [4.69, 9.17) is 5.73 Å². The molecule has 0 heterocycles. The molecule has 1 fully saturated rings. The number of rotatable bonds is 4. The second kappa shape index (κ2) is 6.73. The zero-order valence-electron chi connectivity index (χ0n) is 13.5. The van der Waals surface area contributed by atoms with Crippen molar-refractivity contribution >= 4 is 0 Å². The van der Waals surface area contributed by atoms with Crippen molar-refractivity contribution in [2.45, 2.75) is 64.6 Å². The smallest absolute Gasteiger partial charge is 0.0450 e. The predicted octanol–water partition coefficient (Wildman–Crippen LogP) is 3.89. The van der Waals surface area contributed by atoms with Gasteiger partial charge in [-0.2, -0.15) is 0 Å². The first-order valence-corrected chi connectivity index (χ1v) is 8.04. The van der Waals surface area contributed by atoms with Crippen molar-refractivity contribution in [2.75, 3.05) is 7.05 Å². The van der Waals surface area contributed by atoms with Crippen LogP contribution in [0.25, 0.3) is 0 Å². The summed E-state index contributed by atoms with van der Waals surface area (Å²) >= 11 is 0. The average molecular weight is 274 g/mol. The molecule has 0 bridgehead atoms. The summed E-state index contributed by atoms with van der Waals surface area (Å²) in [5.74, 6) is 0.793. The van der Waals surface area contributed by atoms with E-state index in [0.717, 1.165) is 5.92 Å². The topological polar surface area (TPSA) is 29.3 Å². The zero-order chi connectivity index (χ0) is 14.7. The van der Waals surface area contributed by atoms with Crippen molar-refractivity contribution in [2.24, 2.45) is 11.7 Å². The highest BCUT2D eigenvalue weighted by molar-refractivity contribution is 5.24. The van der Waals surface area contributed by atoms with Gasteiger partial charge in [-0.3, -0.25) is 4.90 Å². The number of likely N-dealkylation sites (N-methyl/N-ethyl adjacent to an activating group) is 1. The number of aryl methyl sites for hydroxylation is 1. The Morgan fingerprint density at radius 1 is 1.15 bits per heavy atom. The fourth-order valence-electron chi connectivity index (χ4n) is 3.52. The van der Waals surface area contributed by atoms with Crippen LogP contribution in [0.3, 0.4) is 0 Å². The van der Waals surface area contributed by atoms with Crippen LogP contribution < -0.4 is 5.73 Å². The average Bonchev–Trinajstić information content (AvgIpc) is 2.46. The van der Waals surface area contributed by atoms with E-state index in [1.54, 1.807) is 0 Å². The summed E-state index contributed by atoms with van der Waals surface area (Å²) in [6, 6.07) is 9.83. The van der Waals surface area contributed by atoms with E-state index in [9.17, 15) is 0 Å². The van der Waals surface area contributed by atoms with Crippen LogP contribution in [0, 0.1) is 12.8 Å². The van der Waals surface area contributed by atoms with E-state index >= 15 is 0 Å². The van der Waals surface area contributed by atoms with Crippen molar-refractivity contribution in [1.29, 1.82) is 0 Å². The van der Waals surface area contributed by atoms with Crippen molar-refractivity contribution in [3.63, 3.8) is 0 Å². The highest BCUT2D eigenvalue weighted by Gasteiger charge is 2.30. The first-order chi connectivity index (χ1) is 9.50. The number of hydrogen-bond acceptors (Lipinski definition) is 2. The Morgan fingerprint density at radius 2 is 1.75 bits per heavy atom. The maximum Gasteiger partial charge on any atom is 0.0450 e. The Morgan fingerprint density at radius 3 is 2.35 bits per heavy atom. The summed E-state index contributed by atoms with van der Waals surface area (Å²) in [7, 11) is 2.26. The molecule has 2 nitrogen and oxygen atoms in total. The van der Waals surface area contributed by atoms with E-state index in [-0.39, 0.29) is 6.04 Å². The zero-order valence-corrected chi connectivity index (χ0v) is 13.5. The molecule has 1 aromatic carbocycles. The highest BCUT2D eigenvalue weighted by atomic mass is 15.2. The highest BCUT2D eigenvalue weighted by Crippen LogP contribution is 2.30. The Labute approximate surface area is 124 Å². The molecule has 0 aliphatic heterocycles. The molecule has 1 aliphatic carbocycles. The predicted molar refractivity (Wildman–Crippen MR) is 86.8 cm³/mol. The molecule has 0 saturated heterocycles. The number of nitrogens with zero attached hydrogens (tertiary/aromatic N) is 1. The molecule has 0 aromatic heterocycles. The van der Waals surface area contributed by atoms with Gasteiger partial charge in [0.1, 0.15) is 0 Å². The molecule has 1 saturated carbocycles. The molecule has 0 amide bonds. The van der Waals surface area contributed by atoms with Gasteiger partial charge in [-0.15, -0.1) is 0 Å². The van der Waals surface area contributed by atoms with Crippen molar-refractivity contribution in [3.05, 3.63) is 35.4 Å². The van der Waals surface area contributed by atoms with Crippen LogP contribution in [0.2, 0.25) is 0 Å². The summed E-state index contributed by atoms with van der Waals surface area (Å²) in [4.78, 5) is 2.52. The summed E-state index contributed by atoms with van der Waals surface area (Å²) in [6.07, 6.45) is 5.44. The van der Waals surface area contributed by atoms with Gasteiger partial charge in [0.05, 0.1) is 0 Å². The van der Waals surface area contributed by atoms with Gasteiger partial charge in [0.2, 0.25) is 0 Å². The van der Waals surface area contributed by atoms with Gasteiger partial charge < -0.3 is 5.73 Å². The third kappa shape index (κ3) is 3.42. The van der Waals surface area contributed by atoms with Gasteiger partial charge in [-0.05, 0) is 45.2 Å². The van der Waals surface area contributed by atoms with Crippen LogP contribution >= 0.6 is 0 Å². The van der Waals surface area contributed by atoms with Gasteiger partial charge >= 0.3 is 0 Å². The van der Waals surface area contributed by atoms with Crippen molar-refractivity contribution in [1.82, 2.24) is 4.90 Å². The van der Waals surface area contributed by atoms with E-state index < -0.39 is 0 Å². The normalized spacial score (nSPS) is 26.5. The minimum Gasteiger partial charge on any atom is -0.323 e. The van der Waals surface area contributed by atoms with Gasteiger partial charge in [0, 0.05) is 18.1 Å². The molecule has 4 atom stereocenters. The minimum absolute atomic E-state index is 0.0923. The van der Waals surface area contributed by atoms with Crippen LogP contribution in [0.4, 0.5) is 0 Å². The van der Waals surface area contributed by atoms with E-state index in [0.29, 0.717) is 12.1 Å². The lowest BCUT2D eigenvalue weighted by atomic mass is 9.84. The quantitative estimate of drug-likeness (QED) is 0.902. The van der Waals surface area contributed by atoms with E-state index in [1.807, 2.05) is 0 Å². The molecule has 112 valence electrons. The lowest BCUT2D eigenvalue weighted by Gasteiger charge is -2.41. The minimum atomic E-state index is 0.0923. The maximum absolute atomic E-state index is 6.50. The second-order valence-corrected chi connectivity index (χ2v) is 6.67. The second-order valence-electron chi connectivity index (χ2n) is 6.67. The van der Waals surface area contributed by atoms with E-state index in [2.05, 4.69) is 57.0 Å². The fourth-order valence-corrected chi connectivity index (χ4v) is 3.52. The molecule has 2 rings (SSSR count). The van der Waals surface area contributed by atoms with Crippen molar-refractivity contribution in [3.8, 4) is 0 Å². The van der Waals surface area contributed by atoms with Crippen LogP contribution in [0.5, 0.6) is 0 Å². The number of benzene rings is 1. The summed E-state index contributed by atoms with van der Waals surface area (Å²) in [5.41, 5.74) is 9.04. The Kier molecular flexibility index (Phi) is 5.22. The van der Waals surface area contributed by atoms with Crippen LogP contribution in [-0.2, 0) is 0 Å². The molecule has 1 aromatic rings. The monoisotopic (exact) mass is 274 g/mol. The van der Waals surface area contributed by atoms with Crippen molar-refractivity contribution < 1.29 is 0 Å². The Bertz CT molecular complexity index is 412. The first-order valence-electron chi connectivity index (χ1n) is 8.04. The molecule has 2 N–H and O–H groups in total. The first kappa shape index (κ1) is 15.5.